The second kappa shape index (κ2) is 4.86. The largest absolute Gasteiger partial charge is 0.478 e. The van der Waals surface area contributed by atoms with E-state index in [1.807, 2.05) is 0 Å². The highest BCUT2D eigenvalue weighted by atomic mass is 16.4. The highest BCUT2D eigenvalue weighted by molar-refractivity contribution is 6.00. The van der Waals surface area contributed by atoms with Crippen molar-refractivity contribution in [3.8, 4) is 0 Å². The van der Waals surface area contributed by atoms with E-state index in [2.05, 4.69) is 10.6 Å². The zero-order valence-corrected chi connectivity index (χ0v) is 9.27. The van der Waals surface area contributed by atoms with Gasteiger partial charge in [-0.15, -0.1) is 0 Å². The maximum atomic E-state index is 11.6. The van der Waals surface area contributed by atoms with Crippen molar-refractivity contribution in [3.05, 3.63) is 29.8 Å². The summed E-state index contributed by atoms with van der Waals surface area (Å²) >= 11 is 0. The van der Waals surface area contributed by atoms with E-state index in [0.717, 1.165) is 19.3 Å². The predicted molar refractivity (Wildman–Crippen MR) is 63.2 cm³/mol. The summed E-state index contributed by atoms with van der Waals surface area (Å²) in [6, 6.07) is 6.23. The van der Waals surface area contributed by atoms with Crippen LogP contribution >= 0.6 is 0 Å². The third-order valence-electron chi connectivity index (χ3n) is 2.85. The molecule has 3 N–H and O–H groups in total. The molecule has 5 nitrogen and oxygen atoms in total. The van der Waals surface area contributed by atoms with Crippen LogP contribution in [0.15, 0.2) is 24.3 Å². The average molecular weight is 234 g/mol. The zero-order chi connectivity index (χ0) is 12.3. The number of urea groups is 1. The Hall–Kier alpha value is -2.04. The molecule has 0 unspecified atom stereocenters. The van der Waals surface area contributed by atoms with Crippen molar-refractivity contribution in [1.29, 1.82) is 0 Å². The van der Waals surface area contributed by atoms with Gasteiger partial charge < -0.3 is 15.7 Å². The lowest BCUT2D eigenvalue weighted by Gasteiger charge is -2.26. The van der Waals surface area contributed by atoms with Gasteiger partial charge in [-0.05, 0) is 31.4 Å². The van der Waals surface area contributed by atoms with Crippen molar-refractivity contribution in [2.75, 3.05) is 5.32 Å². The molecule has 0 aromatic heterocycles. The van der Waals surface area contributed by atoms with Gasteiger partial charge >= 0.3 is 12.0 Å². The van der Waals surface area contributed by atoms with Gasteiger partial charge in [-0.2, -0.15) is 0 Å². The number of aromatic carboxylic acids is 1. The Morgan fingerprint density at radius 1 is 1.24 bits per heavy atom. The van der Waals surface area contributed by atoms with Crippen LogP contribution in [0, 0.1) is 0 Å². The number of carbonyl (C=O) groups is 2. The summed E-state index contributed by atoms with van der Waals surface area (Å²) in [7, 11) is 0. The molecule has 1 aliphatic rings. The predicted octanol–water partition coefficient (Wildman–Crippen LogP) is 2.06. The smallest absolute Gasteiger partial charge is 0.337 e. The summed E-state index contributed by atoms with van der Waals surface area (Å²) in [5.41, 5.74) is 0.410. The van der Waals surface area contributed by atoms with Crippen molar-refractivity contribution in [1.82, 2.24) is 5.32 Å². The van der Waals surface area contributed by atoms with E-state index in [9.17, 15) is 9.59 Å². The number of carboxylic acid groups (broad SMARTS) is 1. The van der Waals surface area contributed by atoms with Gasteiger partial charge in [0.25, 0.3) is 0 Å². The fourth-order valence-corrected chi connectivity index (χ4v) is 1.67. The van der Waals surface area contributed by atoms with Crippen LogP contribution in [0.4, 0.5) is 10.5 Å². The molecule has 90 valence electrons. The Morgan fingerprint density at radius 3 is 2.53 bits per heavy atom. The molecule has 0 bridgehead atoms. The van der Waals surface area contributed by atoms with E-state index in [-0.39, 0.29) is 17.6 Å². The summed E-state index contributed by atoms with van der Waals surface area (Å²) in [5.74, 6) is -1.05. The first kappa shape index (κ1) is 11.4. The average Bonchev–Trinajstić information content (AvgIpc) is 2.24. The summed E-state index contributed by atoms with van der Waals surface area (Å²) in [4.78, 5) is 22.5. The minimum atomic E-state index is -1.05. The van der Waals surface area contributed by atoms with Gasteiger partial charge in [-0.25, -0.2) is 9.59 Å². The van der Waals surface area contributed by atoms with Gasteiger partial charge in [0.15, 0.2) is 0 Å². The standard InChI is InChI=1S/C12H14N2O3/c15-11(16)9-6-1-2-7-10(9)14-12(17)13-8-4-3-5-8/h1-2,6-8H,3-5H2,(H,15,16)(H2,13,14,17). The summed E-state index contributed by atoms with van der Waals surface area (Å²) < 4.78 is 0. The molecular formula is C12H14N2O3. The van der Waals surface area contributed by atoms with Crippen LogP contribution in [0.3, 0.4) is 0 Å². The third kappa shape index (κ3) is 2.75. The van der Waals surface area contributed by atoms with Gasteiger partial charge in [0.2, 0.25) is 0 Å². The molecule has 0 aliphatic heterocycles. The highest BCUT2D eigenvalue weighted by Gasteiger charge is 2.20. The third-order valence-corrected chi connectivity index (χ3v) is 2.85. The number of carboxylic acids is 1. The zero-order valence-electron chi connectivity index (χ0n) is 9.27. The van der Waals surface area contributed by atoms with Gasteiger partial charge in [0.05, 0.1) is 11.3 Å². The summed E-state index contributed by atoms with van der Waals surface area (Å²) in [6.45, 7) is 0. The second-order valence-corrected chi connectivity index (χ2v) is 4.08. The molecule has 5 heteroatoms. The van der Waals surface area contributed by atoms with Crippen molar-refractivity contribution in [2.24, 2.45) is 0 Å². The molecule has 0 spiro atoms. The Balaban J connectivity index is 2.01. The molecule has 17 heavy (non-hydrogen) atoms. The maximum Gasteiger partial charge on any atom is 0.337 e. The Labute approximate surface area is 98.8 Å². The monoisotopic (exact) mass is 234 g/mol. The molecule has 1 aromatic rings. The van der Waals surface area contributed by atoms with Crippen LogP contribution in [0.25, 0.3) is 0 Å². The van der Waals surface area contributed by atoms with Crippen LogP contribution < -0.4 is 10.6 Å². The lowest BCUT2D eigenvalue weighted by Crippen LogP contribution is -2.42. The first-order valence-corrected chi connectivity index (χ1v) is 5.56. The van der Waals surface area contributed by atoms with Crippen molar-refractivity contribution >= 4 is 17.7 Å². The fourth-order valence-electron chi connectivity index (χ4n) is 1.67. The van der Waals surface area contributed by atoms with Crippen molar-refractivity contribution < 1.29 is 14.7 Å². The van der Waals surface area contributed by atoms with E-state index >= 15 is 0 Å². The van der Waals surface area contributed by atoms with Gasteiger partial charge in [0, 0.05) is 6.04 Å². The lowest BCUT2D eigenvalue weighted by molar-refractivity contribution is 0.0698. The Bertz CT molecular complexity index is 441. The van der Waals surface area contributed by atoms with Crippen LogP contribution in [0.2, 0.25) is 0 Å². The van der Waals surface area contributed by atoms with Crippen molar-refractivity contribution in [2.45, 2.75) is 25.3 Å². The highest BCUT2D eigenvalue weighted by Crippen LogP contribution is 2.19. The van der Waals surface area contributed by atoms with Gasteiger partial charge in [-0.1, -0.05) is 12.1 Å². The SMILES string of the molecule is O=C(Nc1ccccc1C(=O)O)NC1CCC1. The molecule has 2 amide bonds. The maximum absolute atomic E-state index is 11.6. The fraction of sp³-hybridized carbons (Fsp3) is 0.333. The number of benzene rings is 1. The molecule has 1 fully saturated rings. The molecule has 2 rings (SSSR count). The van der Waals surface area contributed by atoms with Crippen LogP contribution in [0.1, 0.15) is 29.6 Å². The molecule has 1 aliphatic carbocycles. The Kier molecular flexibility index (Phi) is 3.27. The minimum absolute atomic E-state index is 0.0938. The normalized spacial score (nSPS) is 14.8. The molecule has 1 aromatic carbocycles. The van der Waals surface area contributed by atoms with Crippen LogP contribution in [-0.2, 0) is 0 Å². The first-order chi connectivity index (χ1) is 8.16. The van der Waals surface area contributed by atoms with E-state index < -0.39 is 5.97 Å². The molecule has 0 heterocycles. The molecular weight excluding hydrogens is 220 g/mol. The van der Waals surface area contributed by atoms with Crippen LogP contribution in [0.5, 0.6) is 0 Å². The number of amides is 2. The molecule has 0 saturated heterocycles. The molecule has 0 atom stereocenters. The number of nitrogens with one attached hydrogen (secondary N) is 2. The number of rotatable bonds is 3. The topological polar surface area (TPSA) is 78.4 Å². The number of hydrogen-bond donors (Lipinski definition) is 3. The quantitative estimate of drug-likeness (QED) is 0.749. The molecule has 1 saturated carbocycles. The number of hydrogen-bond acceptors (Lipinski definition) is 2. The summed E-state index contributed by atoms with van der Waals surface area (Å²) in [6.07, 6.45) is 3.12. The Morgan fingerprint density at radius 2 is 1.94 bits per heavy atom. The number of carbonyl (C=O) groups excluding carboxylic acids is 1. The second-order valence-electron chi connectivity index (χ2n) is 4.08. The summed E-state index contributed by atoms with van der Waals surface area (Å²) in [5, 5.41) is 14.3. The van der Waals surface area contributed by atoms with Gasteiger partial charge in [0.1, 0.15) is 0 Å². The van der Waals surface area contributed by atoms with E-state index in [1.165, 1.54) is 6.07 Å². The van der Waals surface area contributed by atoms with E-state index in [0.29, 0.717) is 5.69 Å². The van der Waals surface area contributed by atoms with Crippen LogP contribution in [-0.4, -0.2) is 23.1 Å². The van der Waals surface area contributed by atoms with E-state index in [1.54, 1.807) is 18.2 Å². The van der Waals surface area contributed by atoms with E-state index in [4.69, 9.17) is 5.11 Å². The number of anilines is 1. The van der Waals surface area contributed by atoms with Crippen molar-refractivity contribution in [3.63, 3.8) is 0 Å². The first-order valence-electron chi connectivity index (χ1n) is 5.56. The molecule has 0 radical (unpaired) electrons. The number of para-hydroxylation sites is 1. The van der Waals surface area contributed by atoms with Gasteiger partial charge in [-0.3, -0.25) is 0 Å². The minimum Gasteiger partial charge on any atom is -0.478 e. The lowest BCUT2D eigenvalue weighted by atomic mass is 9.93.